The molecule has 160 valence electrons. The molecule has 0 aromatic heterocycles. The van der Waals surface area contributed by atoms with Gasteiger partial charge in [0, 0.05) is 19.6 Å². The number of carbonyl (C=O) groups is 2. The smallest absolute Gasteiger partial charge is 0.410 e. The van der Waals surface area contributed by atoms with Crippen molar-refractivity contribution in [3.63, 3.8) is 0 Å². The van der Waals surface area contributed by atoms with E-state index in [1.807, 2.05) is 27.7 Å². The number of piperidine rings is 1. The summed E-state index contributed by atoms with van der Waals surface area (Å²) in [6.45, 7) is 10.4. The summed E-state index contributed by atoms with van der Waals surface area (Å²) in [5.41, 5.74) is -0.745. The van der Waals surface area contributed by atoms with Crippen LogP contribution in [-0.4, -0.2) is 85.3 Å². The first-order valence-corrected chi connectivity index (χ1v) is 10.2. The summed E-state index contributed by atoms with van der Waals surface area (Å²) in [7, 11) is 1.67. The lowest BCUT2D eigenvalue weighted by atomic mass is 9.94. The van der Waals surface area contributed by atoms with Gasteiger partial charge in [0.05, 0.1) is 38.4 Å². The molecule has 0 spiro atoms. The van der Waals surface area contributed by atoms with Crippen molar-refractivity contribution in [2.24, 2.45) is 5.92 Å². The Morgan fingerprint density at radius 3 is 2.32 bits per heavy atom. The van der Waals surface area contributed by atoms with Gasteiger partial charge in [0.25, 0.3) is 0 Å². The molecule has 0 N–H and O–H groups in total. The molecule has 8 heteroatoms. The van der Waals surface area contributed by atoms with Crippen LogP contribution < -0.4 is 0 Å². The quantitative estimate of drug-likeness (QED) is 0.709. The van der Waals surface area contributed by atoms with Crippen LogP contribution in [0.1, 0.15) is 47.0 Å². The number of amides is 2. The van der Waals surface area contributed by atoms with Crippen molar-refractivity contribution in [3.8, 4) is 0 Å². The molecule has 2 aliphatic heterocycles. The summed E-state index contributed by atoms with van der Waals surface area (Å²) in [4.78, 5) is 27.7. The highest BCUT2D eigenvalue weighted by Gasteiger charge is 2.44. The fourth-order valence-electron chi connectivity index (χ4n) is 3.42. The lowest BCUT2D eigenvalue weighted by Crippen LogP contribution is -2.57. The average Bonchev–Trinajstić information content (AvgIpc) is 3.28. The number of nitrogens with zero attached hydrogens (tertiary/aromatic N) is 2. The monoisotopic (exact) mass is 398 g/mol. The predicted octanol–water partition coefficient (Wildman–Crippen LogP) is 2.65. The number of rotatable bonds is 5. The van der Waals surface area contributed by atoms with E-state index in [9.17, 15) is 9.59 Å². The Hall–Kier alpha value is -1.54. The Balaban J connectivity index is 1.37. The van der Waals surface area contributed by atoms with Crippen LogP contribution in [0.2, 0.25) is 0 Å². The maximum absolute atomic E-state index is 12.3. The van der Waals surface area contributed by atoms with Crippen molar-refractivity contribution < 1.29 is 28.5 Å². The molecule has 0 aromatic rings. The first kappa shape index (κ1) is 21.2. The summed E-state index contributed by atoms with van der Waals surface area (Å²) in [6.07, 6.45) is 2.12. The molecule has 0 bridgehead atoms. The highest BCUT2D eigenvalue weighted by molar-refractivity contribution is 5.69. The zero-order valence-electron chi connectivity index (χ0n) is 17.7. The van der Waals surface area contributed by atoms with Gasteiger partial charge in [-0.2, -0.15) is 0 Å². The molecule has 3 fully saturated rings. The SMILES string of the molecule is COC1CN(C(=O)OC2(C)CC2)CCC1COC1CN(C(=O)OC(C)(C)C)C1. The Labute approximate surface area is 167 Å². The second-order valence-electron chi connectivity index (χ2n) is 9.43. The zero-order valence-corrected chi connectivity index (χ0v) is 17.7. The van der Waals surface area contributed by atoms with E-state index in [0.29, 0.717) is 32.8 Å². The van der Waals surface area contributed by atoms with Crippen LogP contribution in [0.3, 0.4) is 0 Å². The van der Waals surface area contributed by atoms with Gasteiger partial charge in [-0.25, -0.2) is 9.59 Å². The van der Waals surface area contributed by atoms with Gasteiger partial charge in [0.1, 0.15) is 11.2 Å². The van der Waals surface area contributed by atoms with E-state index in [1.54, 1.807) is 16.9 Å². The van der Waals surface area contributed by atoms with Crippen LogP contribution in [0.5, 0.6) is 0 Å². The van der Waals surface area contributed by atoms with Crippen molar-refractivity contribution in [1.82, 2.24) is 9.80 Å². The number of carbonyl (C=O) groups excluding carboxylic acids is 2. The molecule has 2 heterocycles. The van der Waals surface area contributed by atoms with Crippen LogP contribution in [0.25, 0.3) is 0 Å². The maximum Gasteiger partial charge on any atom is 0.410 e. The minimum atomic E-state index is -0.485. The zero-order chi connectivity index (χ0) is 20.5. The Morgan fingerprint density at radius 2 is 1.75 bits per heavy atom. The second-order valence-corrected chi connectivity index (χ2v) is 9.43. The Bertz CT molecular complexity index is 580. The van der Waals surface area contributed by atoms with Crippen molar-refractivity contribution in [1.29, 1.82) is 0 Å². The van der Waals surface area contributed by atoms with Crippen LogP contribution >= 0.6 is 0 Å². The normalized spacial score (nSPS) is 27.2. The molecule has 2 saturated heterocycles. The van der Waals surface area contributed by atoms with Gasteiger partial charge in [0.2, 0.25) is 0 Å². The van der Waals surface area contributed by atoms with Crippen molar-refractivity contribution in [3.05, 3.63) is 0 Å². The number of hydrogen-bond donors (Lipinski definition) is 0. The van der Waals surface area contributed by atoms with Crippen molar-refractivity contribution >= 4 is 12.2 Å². The van der Waals surface area contributed by atoms with E-state index in [-0.39, 0.29) is 35.9 Å². The summed E-state index contributed by atoms with van der Waals surface area (Å²) in [6, 6.07) is 0. The molecule has 2 atom stereocenters. The van der Waals surface area contributed by atoms with Crippen LogP contribution in [0.4, 0.5) is 9.59 Å². The fraction of sp³-hybridized carbons (Fsp3) is 0.900. The van der Waals surface area contributed by atoms with E-state index in [4.69, 9.17) is 18.9 Å². The van der Waals surface area contributed by atoms with Crippen molar-refractivity contribution in [2.75, 3.05) is 39.9 Å². The average molecular weight is 399 g/mol. The third-order valence-electron chi connectivity index (χ3n) is 5.59. The first-order valence-electron chi connectivity index (χ1n) is 10.2. The number of hydrogen-bond acceptors (Lipinski definition) is 6. The molecule has 2 unspecified atom stereocenters. The van der Waals surface area contributed by atoms with E-state index in [0.717, 1.165) is 19.3 Å². The molecular formula is C20H34N2O6. The van der Waals surface area contributed by atoms with Gasteiger partial charge in [-0.3, -0.25) is 0 Å². The third-order valence-corrected chi connectivity index (χ3v) is 5.59. The molecular weight excluding hydrogens is 364 g/mol. The van der Waals surface area contributed by atoms with E-state index in [1.165, 1.54) is 0 Å². The lowest BCUT2D eigenvalue weighted by molar-refractivity contribution is -0.0979. The number of likely N-dealkylation sites (tertiary alicyclic amines) is 2. The molecule has 1 aliphatic carbocycles. The summed E-state index contributed by atoms with van der Waals surface area (Å²) in [5, 5.41) is 0. The highest BCUT2D eigenvalue weighted by atomic mass is 16.6. The molecule has 28 heavy (non-hydrogen) atoms. The largest absolute Gasteiger partial charge is 0.444 e. The predicted molar refractivity (Wildman–Crippen MR) is 102 cm³/mol. The molecule has 8 nitrogen and oxygen atoms in total. The molecule has 1 saturated carbocycles. The summed E-state index contributed by atoms with van der Waals surface area (Å²) in [5.74, 6) is 0.223. The van der Waals surface area contributed by atoms with Gasteiger partial charge in [-0.15, -0.1) is 0 Å². The fourth-order valence-corrected chi connectivity index (χ4v) is 3.42. The van der Waals surface area contributed by atoms with Gasteiger partial charge in [0.15, 0.2) is 0 Å². The van der Waals surface area contributed by atoms with Crippen molar-refractivity contribution in [2.45, 2.75) is 70.4 Å². The number of methoxy groups -OCH3 is 1. The third kappa shape index (κ3) is 5.50. The van der Waals surface area contributed by atoms with Crippen LogP contribution in [0, 0.1) is 5.92 Å². The Morgan fingerprint density at radius 1 is 1.07 bits per heavy atom. The molecule has 3 aliphatic rings. The van der Waals surface area contributed by atoms with Gasteiger partial charge >= 0.3 is 12.2 Å². The van der Waals surface area contributed by atoms with E-state index in [2.05, 4.69) is 0 Å². The number of ether oxygens (including phenoxy) is 4. The first-order chi connectivity index (χ1) is 13.1. The van der Waals surface area contributed by atoms with Gasteiger partial charge in [-0.1, -0.05) is 0 Å². The highest BCUT2D eigenvalue weighted by Crippen LogP contribution is 2.39. The van der Waals surface area contributed by atoms with Crippen LogP contribution in [-0.2, 0) is 18.9 Å². The Kier molecular flexibility index (Phi) is 6.10. The molecule has 3 rings (SSSR count). The topological polar surface area (TPSA) is 77.5 Å². The minimum absolute atomic E-state index is 0.0304. The van der Waals surface area contributed by atoms with E-state index < -0.39 is 5.60 Å². The van der Waals surface area contributed by atoms with Gasteiger partial charge < -0.3 is 28.7 Å². The minimum Gasteiger partial charge on any atom is -0.444 e. The summed E-state index contributed by atoms with van der Waals surface area (Å²) < 4.78 is 22.5. The standard InChI is InChI=1S/C20H34N2O6/c1-19(2,3)27-18(24)22-10-15(11-22)26-13-14-6-9-21(12-16(14)25-5)17(23)28-20(4)7-8-20/h14-16H,6-13H2,1-5H3. The van der Waals surface area contributed by atoms with E-state index >= 15 is 0 Å². The summed E-state index contributed by atoms with van der Waals surface area (Å²) >= 11 is 0. The molecule has 2 amide bonds. The maximum atomic E-state index is 12.3. The van der Waals surface area contributed by atoms with Crippen LogP contribution in [0.15, 0.2) is 0 Å². The van der Waals surface area contributed by atoms with Gasteiger partial charge in [-0.05, 0) is 47.0 Å². The molecule has 0 aromatic carbocycles. The lowest BCUT2D eigenvalue weighted by Gasteiger charge is -2.41. The molecule has 0 radical (unpaired) electrons. The second kappa shape index (κ2) is 8.06.